The standard InChI is InChI=1S/C17H21NO/c1-14(2)18-17(16-11-7-4-8-12-16)19-13-15-9-5-3-6-10-15/h3-12,14,17-18H,13H2,1-2H3. The minimum absolute atomic E-state index is 0.0681. The first-order valence-electron chi connectivity index (χ1n) is 6.72. The van der Waals surface area contributed by atoms with E-state index in [-0.39, 0.29) is 6.23 Å². The molecule has 0 heterocycles. The van der Waals surface area contributed by atoms with Crippen molar-refractivity contribution in [3.63, 3.8) is 0 Å². The van der Waals surface area contributed by atoms with Gasteiger partial charge in [0.1, 0.15) is 6.23 Å². The van der Waals surface area contributed by atoms with Crippen LogP contribution in [0.4, 0.5) is 0 Å². The second-order valence-electron chi connectivity index (χ2n) is 4.91. The van der Waals surface area contributed by atoms with Gasteiger partial charge in [0, 0.05) is 6.04 Å². The molecule has 2 aromatic carbocycles. The zero-order chi connectivity index (χ0) is 13.5. The molecule has 0 saturated heterocycles. The highest BCUT2D eigenvalue weighted by molar-refractivity contribution is 5.18. The van der Waals surface area contributed by atoms with Crippen LogP contribution >= 0.6 is 0 Å². The van der Waals surface area contributed by atoms with Crippen LogP contribution in [0.5, 0.6) is 0 Å². The van der Waals surface area contributed by atoms with Crippen LogP contribution in [-0.4, -0.2) is 6.04 Å². The van der Waals surface area contributed by atoms with Gasteiger partial charge in [0.15, 0.2) is 0 Å². The minimum atomic E-state index is -0.0681. The molecule has 100 valence electrons. The molecule has 0 spiro atoms. The van der Waals surface area contributed by atoms with E-state index in [0.717, 1.165) is 5.56 Å². The second kappa shape index (κ2) is 7.07. The number of rotatable bonds is 6. The average Bonchev–Trinajstić information content (AvgIpc) is 2.45. The third kappa shape index (κ3) is 4.51. The van der Waals surface area contributed by atoms with E-state index in [0.29, 0.717) is 12.6 Å². The predicted molar refractivity (Wildman–Crippen MR) is 78.7 cm³/mol. The highest BCUT2D eigenvalue weighted by atomic mass is 16.5. The maximum Gasteiger partial charge on any atom is 0.134 e. The van der Waals surface area contributed by atoms with Crippen molar-refractivity contribution in [2.75, 3.05) is 0 Å². The Balaban J connectivity index is 2.02. The van der Waals surface area contributed by atoms with Gasteiger partial charge >= 0.3 is 0 Å². The molecule has 1 unspecified atom stereocenters. The molecule has 0 aromatic heterocycles. The number of nitrogens with one attached hydrogen (secondary N) is 1. The molecule has 2 heteroatoms. The second-order valence-corrected chi connectivity index (χ2v) is 4.91. The van der Waals surface area contributed by atoms with Crippen LogP contribution in [0.25, 0.3) is 0 Å². The summed E-state index contributed by atoms with van der Waals surface area (Å²) in [4.78, 5) is 0. The van der Waals surface area contributed by atoms with E-state index in [9.17, 15) is 0 Å². The summed E-state index contributed by atoms with van der Waals surface area (Å²) in [5, 5.41) is 3.44. The fraction of sp³-hybridized carbons (Fsp3) is 0.294. The van der Waals surface area contributed by atoms with Crippen LogP contribution in [0.1, 0.15) is 31.2 Å². The average molecular weight is 255 g/mol. The van der Waals surface area contributed by atoms with Gasteiger partial charge in [0.05, 0.1) is 6.61 Å². The molecule has 1 N–H and O–H groups in total. The Morgan fingerprint density at radius 1 is 0.895 bits per heavy atom. The number of hydrogen-bond acceptors (Lipinski definition) is 2. The van der Waals surface area contributed by atoms with E-state index in [2.05, 4.69) is 43.4 Å². The van der Waals surface area contributed by atoms with Crippen LogP contribution in [0.2, 0.25) is 0 Å². The normalized spacial score (nSPS) is 12.6. The summed E-state index contributed by atoms with van der Waals surface area (Å²) in [7, 11) is 0. The Morgan fingerprint density at radius 3 is 2.05 bits per heavy atom. The Hall–Kier alpha value is -1.64. The lowest BCUT2D eigenvalue weighted by Crippen LogP contribution is -2.30. The lowest BCUT2D eigenvalue weighted by molar-refractivity contribution is 0.0107. The molecule has 2 nitrogen and oxygen atoms in total. The van der Waals surface area contributed by atoms with Crippen molar-refractivity contribution in [1.29, 1.82) is 0 Å². The van der Waals surface area contributed by atoms with Crippen LogP contribution in [0.15, 0.2) is 60.7 Å². The molecule has 0 aliphatic carbocycles. The summed E-state index contributed by atoms with van der Waals surface area (Å²) in [6, 6.07) is 20.9. The summed E-state index contributed by atoms with van der Waals surface area (Å²) < 4.78 is 6.01. The van der Waals surface area contributed by atoms with Crippen molar-refractivity contribution < 1.29 is 4.74 Å². The quantitative estimate of drug-likeness (QED) is 0.790. The molecule has 19 heavy (non-hydrogen) atoms. The molecule has 0 aliphatic heterocycles. The van der Waals surface area contributed by atoms with E-state index < -0.39 is 0 Å². The number of benzene rings is 2. The molecule has 0 aliphatic rings. The molecular weight excluding hydrogens is 234 g/mol. The van der Waals surface area contributed by atoms with Crippen molar-refractivity contribution in [3.05, 3.63) is 71.8 Å². The fourth-order valence-corrected chi connectivity index (χ4v) is 1.92. The van der Waals surface area contributed by atoms with E-state index >= 15 is 0 Å². The Morgan fingerprint density at radius 2 is 1.47 bits per heavy atom. The van der Waals surface area contributed by atoms with Gasteiger partial charge in [0.2, 0.25) is 0 Å². The van der Waals surface area contributed by atoms with Crippen molar-refractivity contribution in [2.45, 2.75) is 32.7 Å². The molecule has 1 atom stereocenters. The Bertz CT molecular complexity index is 467. The molecule has 0 bridgehead atoms. The van der Waals surface area contributed by atoms with Gasteiger partial charge in [-0.2, -0.15) is 0 Å². The summed E-state index contributed by atoms with van der Waals surface area (Å²) in [6.45, 7) is 4.86. The number of ether oxygens (including phenoxy) is 1. The Kier molecular flexibility index (Phi) is 5.13. The first kappa shape index (κ1) is 13.8. The van der Waals surface area contributed by atoms with Gasteiger partial charge in [-0.25, -0.2) is 0 Å². The van der Waals surface area contributed by atoms with Crippen LogP contribution in [0.3, 0.4) is 0 Å². The molecule has 0 fully saturated rings. The van der Waals surface area contributed by atoms with Gasteiger partial charge in [-0.1, -0.05) is 60.7 Å². The molecular formula is C17H21NO. The topological polar surface area (TPSA) is 21.3 Å². The lowest BCUT2D eigenvalue weighted by atomic mass is 10.2. The summed E-state index contributed by atoms with van der Waals surface area (Å²) in [6.07, 6.45) is -0.0681. The Labute approximate surface area is 115 Å². The molecule has 2 rings (SSSR count). The van der Waals surface area contributed by atoms with Crippen molar-refractivity contribution in [3.8, 4) is 0 Å². The zero-order valence-corrected chi connectivity index (χ0v) is 11.5. The van der Waals surface area contributed by atoms with E-state index in [1.165, 1.54) is 5.56 Å². The van der Waals surface area contributed by atoms with Crippen molar-refractivity contribution in [2.24, 2.45) is 0 Å². The smallest absolute Gasteiger partial charge is 0.134 e. The SMILES string of the molecule is CC(C)NC(OCc1ccccc1)c1ccccc1. The third-order valence-corrected chi connectivity index (χ3v) is 2.85. The van der Waals surface area contributed by atoms with Gasteiger partial charge in [0.25, 0.3) is 0 Å². The summed E-state index contributed by atoms with van der Waals surface area (Å²) in [5.41, 5.74) is 2.35. The highest BCUT2D eigenvalue weighted by Gasteiger charge is 2.12. The van der Waals surface area contributed by atoms with Crippen LogP contribution in [0, 0.1) is 0 Å². The highest BCUT2D eigenvalue weighted by Crippen LogP contribution is 2.17. The first-order chi connectivity index (χ1) is 9.25. The fourth-order valence-electron chi connectivity index (χ4n) is 1.92. The number of hydrogen-bond donors (Lipinski definition) is 1. The predicted octanol–water partition coefficient (Wildman–Crippen LogP) is 3.90. The van der Waals surface area contributed by atoms with Gasteiger partial charge in [-0.05, 0) is 25.0 Å². The maximum absolute atomic E-state index is 6.01. The largest absolute Gasteiger partial charge is 0.354 e. The summed E-state index contributed by atoms with van der Waals surface area (Å²) >= 11 is 0. The maximum atomic E-state index is 6.01. The third-order valence-electron chi connectivity index (χ3n) is 2.85. The van der Waals surface area contributed by atoms with Crippen molar-refractivity contribution in [1.82, 2.24) is 5.32 Å². The molecule has 0 amide bonds. The molecule has 0 radical (unpaired) electrons. The first-order valence-corrected chi connectivity index (χ1v) is 6.72. The van der Waals surface area contributed by atoms with Gasteiger partial charge in [-0.15, -0.1) is 0 Å². The summed E-state index contributed by atoms with van der Waals surface area (Å²) in [5.74, 6) is 0. The van der Waals surface area contributed by atoms with Crippen LogP contribution < -0.4 is 5.32 Å². The van der Waals surface area contributed by atoms with E-state index in [4.69, 9.17) is 4.74 Å². The van der Waals surface area contributed by atoms with Crippen LogP contribution in [-0.2, 0) is 11.3 Å². The van der Waals surface area contributed by atoms with Gasteiger partial charge in [-0.3, -0.25) is 5.32 Å². The van der Waals surface area contributed by atoms with Gasteiger partial charge < -0.3 is 4.74 Å². The van der Waals surface area contributed by atoms with E-state index in [1.807, 2.05) is 36.4 Å². The molecule has 2 aromatic rings. The zero-order valence-electron chi connectivity index (χ0n) is 11.5. The monoisotopic (exact) mass is 255 g/mol. The lowest BCUT2D eigenvalue weighted by Gasteiger charge is -2.22. The molecule has 0 saturated carbocycles. The van der Waals surface area contributed by atoms with E-state index in [1.54, 1.807) is 0 Å². The van der Waals surface area contributed by atoms with Crippen molar-refractivity contribution >= 4 is 0 Å². The minimum Gasteiger partial charge on any atom is -0.354 e.